The smallest absolute Gasteiger partial charge is 0.306 e. The summed E-state index contributed by atoms with van der Waals surface area (Å²) in [4.78, 5) is 11.6. The Balaban J connectivity index is 1.90. The van der Waals surface area contributed by atoms with Gasteiger partial charge in [-0.3, -0.25) is 4.79 Å². The van der Waals surface area contributed by atoms with E-state index in [9.17, 15) is 4.79 Å². The van der Waals surface area contributed by atoms with Gasteiger partial charge in [-0.25, -0.2) is 0 Å². The minimum Gasteiger partial charge on any atom is -0.466 e. The lowest BCUT2D eigenvalue weighted by Crippen LogP contribution is -2.34. The minimum absolute atomic E-state index is 0.0275. The van der Waals surface area contributed by atoms with Crippen molar-refractivity contribution < 1.29 is 19.0 Å². The van der Waals surface area contributed by atoms with Crippen LogP contribution in [-0.2, 0) is 19.0 Å². The molecule has 2 rings (SSSR count). The second-order valence-electron chi connectivity index (χ2n) is 5.35. The van der Waals surface area contributed by atoms with Crippen LogP contribution >= 0.6 is 0 Å². The van der Waals surface area contributed by atoms with Crippen molar-refractivity contribution >= 4 is 5.97 Å². The molecule has 0 radical (unpaired) electrons. The van der Waals surface area contributed by atoms with E-state index >= 15 is 0 Å². The summed E-state index contributed by atoms with van der Waals surface area (Å²) < 4.78 is 17.0. The highest BCUT2D eigenvalue weighted by Crippen LogP contribution is 2.40. The summed E-state index contributed by atoms with van der Waals surface area (Å²) in [7, 11) is 0. The first-order valence-electron chi connectivity index (χ1n) is 7.29. The van der Waals surface area contributed by atoms with Gasteiger partial charge in [0.05, 0.1) is 25.7 Å². The predicted molar refractivity (Wildman–Crippen MR) is 71.6 cm³/mol. The first-order valence-corrected chi connectivity index (χ1v) is 7.29. The molecular formula is C15H24O4. The molecule has 0 aromatic carbocycles. The van der Waals surface area contributed by atoms with Crippen LogP contribution in [-0.4, -0.2) is 31.1 Å². The van der Waals surface area contributed by atoms with Crippen LogP contribution in [0.15, 0.2) is 12.7 Å². The van der Waals surface area contributed by atoms with Gasteiger partial charge in [-0.2, -0.15) is 0 Å². The van der Waals surface area contributed by atoms with Gasteiger partial charge in [-0.1, -0.05) is 12.5 Å². The lowest BCUT2D eigenvalue weighted by Gasteiger charge is -2.32. The zero-order valence-electron chi connectivity index (χ0n) is 11.7. The van der Waals surface area contributed by atoms with E-state index in [1.165, 1.54) is 6.42 Å². The predicted octanol–water partition coefficient (Wildman–Crippen LogP) is 2.82. The van der Waals surface area contributed by atoms with Crippen LogP contribution in [0, 0.1) is 5.92 Å². The lowest BCUT2D eigenvalue weighted by atomic mass is 9.94. The van der Waals surface area contributed by atoms with Crippen molar-refractivity contribution in [1.29, 1.82) is 0 Å². The quantitative estimate of drug-likeness (QED) is 0.568. The van der Waals surface area contributed by atoms with Crippen molar-refractivity contribution in [2.75, 3.05) is 13.2 Å². The summed E-state index contributed by atoms with van der Waals surface area (Å²) >= 11 is 0. The second kappa shape index (κ2) is 6.53. The maximum Gasteiger partial charge on any atom is 0.306 e. The molecule has 0 bridgehead atoms. The fraction of sp³-hybridized carbons (Fsp3) is 0.800. The number of rotatable bonds is 5. The highest BCUT2D eigenvalue weighted by Gasteiger charge is 2.44. The van der Waals surface area contributed by atoms with E-state index in [0.29, 0.717) is 19.6 Å². The van der Waals surface area contributed by atoms with Gasteiger partial charge in [-0.05, 0) is 19.8 Å². The maximum absolute atomic E-state index is 11.6. The average Bonchev–Trinajstić information content (AvgIpc) is 2.81. The molecule has 19 heavy (non-hydrogen) atoms. The van der Waals surface area contributed by atoms with Crippen molar-refractivity contribution in [3.05, 3.63) is 12.7 Å². The number of ether oxygens (including phenoxy) is 3. The van der Waals surface area contributed by atoms with E-state index in [4.69, 9.17) is 14.2 Å². The third-order valence-corrected chi connectivity index (χ3v) is 3.98. The van der Waals surface area contributed by atoms with Crippen LogP contribution in [0.25, 0.3) is 0 Å². The monoisotopic (exact) mass is 268 g/mol. The maximum atomic E-state index is 11.6. The Bertz CT molecular complexity index is 320. The van der Waals surface area contributed by atoms with Gasteiger partial charge in [0.2, 0.25) is 0 Å². The molecule has 1 aliphatic heterocycles. The summed E-state index contributed by atoms with van der Waals surface area (Å²) in [5.74, 6) is -0.611. The molecule has 0 aromatic rings. The summed E-state index contributed by atoms with van der Waals surface area (Å²) in [6.07, 6.45) is 7.54. The first kappa shape index (κ1) is 14.5. The van der Waals surface area contributed by atoms with Gasteiger partial charge in [-0.15, -0.1) is 6.58 Å². The lowest BCUT2D eigenvalue weighted by molar-refractivity contribution is -0.191. The number of hydrogen-bond acceptors (Lipinski definition) is 4. The SMILES string of the molecule is C=C[C@H](CC(=O)OCC)[C@H]1COC2(CCCCC2)O1. The summed E-state index contributed by atoms with van der Waals surface area (Å²) in [6, 6.07) is 0. The average molecular weight is 268 g/mol. The van der Waals surface area contributed by atoms with E-state index in [-0.39, 0.29) is 18.0 Å². The Kier molecular flexibility index (Phi) is 4.99. The molecule has 2 fully saturated rings. The van der Waals surface area contributed by atoms with Gasteiger partial charge in [0, 0.05) is 18.8 Å². The Morgan fingerprint density at radius 1 is 1.47 bits per heavy atom. The fourth-order valence-electron chi connectivity index (χ4n) is 2.92. The first-order chi connectivity index (χ1) is 9.19. The summed E-state index contributed by atoms with van der Waals surface area (Å²) in [5.41, 5.74) is 0. The van der Waals surface area contributed by atoms with Crippen molar-refractivity contribution in [3.63, 3.8) is 0 Å². The zero-order valence-corrected chi connectivity index (χ0v) is 11.7. The molecule has 4 nitrogen and oxygen atoms in total. The fourth-order valence-corrected chi connectivity index (χ4v) is 2.92. The highest BCUT2D eigenvalue weighted by molar-refractivity contribution is 5.70. The molecule has 1 aliphatic carbocycles. The normalized spacial score (nSPS) is 27.1. The number of esters is 1. The molecule has 4 heteroatoms. The molecule has 2 aliphatic rings. The van der Waals surface area contributed by atoms with E-state index in [2.05, 4.69) is 6.58 Å². The Morgan fingerprint density at radius 3 is 2.84 bits per heavy atom. The topological polar surface area (TPSA) is 44.8 Å². The minimum atomic E-state index is -0.390. The third kappa shape index (κ3) is 3.57. The van der Waals surface area contributed by atoms with Crippen LogP contribution in [0.2, 0.25) is 0 Å². The van der Waals surface area contributed by atoms with Crippen LogP contribution < -0.4 is 0 Å². The van der Waals surface area contributed by atoms with Crippen LogP contribution in [0.3, 0.4) is 0 Å². The van der Waals surface area contributed by atoms with Gasteiger partial charge in [0.15, 0.2) is 5.79 Å². The summed E-state index contributed by atoms with van der Waals surface area (Å²) in [5, 5.41) is 0. The van der Waals surface area contributed by atoms with Gasteiger partial charge < -0.3 is 14.2 Å². The van der Waals surface area contributed by atoms with Crippen LogP contribution in [0.1, 0.15) is 45.4 Å². The molecule has 108 valence electrons. The Labute approximate surface area is 115 Å². The molecule has 2 atom stereocenters. The van der Waals surface area contributed by atoms with Gasteiger partial charge in [0.1, 0.15) is 0 Å². The Morgan fingerprint density at radius 2 is 2.21 bits per heavy atom. The second-order valence-corrected chi connectivity index (χ2v) is 5.35. The van der Waals surface area contributed by atoms with E-state index in [1.807, 2.05) is 6.92 Å². The molecule has 1 saturated heterocycles. The molecule has 1 heterocycles. The van der Waals surface area contributed by atoms with E-state index in [1.54, 1.807) is 6.08 Å². The van der Waals surface area contributed by atoms with E-state index < -0.39 is 5.79 Å². The van der Waals surface area contributed by atoms with Crippen molar-refractivity contribution in [2.24, 2.45) is 5.92 Å². The van der Waals surface area contributed by atoms with Crippen LogP contribution in [0.5, 0.6) is 0 Å². The number of carbonyl (C=O) groups excluding carboxylic acids is 1. The van der Waals surface area contributed by atoms with E-state index in [0.717, 1.165) is 25.7 Å². The highest BCUT2D eigenvalue weighted by atomic mass is 16.7. The van der Waals surface area contributed by atoms with Crippen molar-refractivity contribution in [3.8, 4) is 0 Å². The molecule has 0 aromatic heterocycles. The number of hydrogen-bond donors (Lipinski definition) is 0. The number of carbonyl (C=O) groups is 1. The van der Waals surface area contributed by atoms with Crippen molar-refractivity contribution in [2.45, 2.75) is 57.3 Å². The van der Waals surface area contributed by atoms with Crippen LogP contribution in [0.4, 0.5) is 0 Å². The molecule has 1 saturated carbocycles. The zero-order chi connectivity index (χ0) is 13.7. The standard InChI is InChI=1S/C15H24O4/c1-3-12(10-14(16)17-4-2)13-11-18-15(19-13)8-6-5-7-9-15/h3,12-13H,1,4-11H2,2H3/t12-,13-/m1/s1. The van der Waals surface area contributed by atoms with Crippen molar-refractivity contribution in [1.82, 2.24) is 0 Å². The summed E-state index contributed by atoms with van der Waals surface area (Å²) in [6.45, 7) is 6.58. The molecule has 0 unspecified atom stereocenters. The molecule has 0 amide bonds. The largest absolute Gasteiger partial charge is 0.466 e. The molecule has 0 N–H and O–H groups in total. The third-order valence-electron chi connectivity index (χ3n) is 3.98. The van der Waals surface area contributed by atoms with Gasteiger partial charge in [0.25, 0.3) is 0 Å². The molecule has 1 spiro atoms. The Hall–Kier alpha value is -0.870. The molecular weight excluding hydrogens is 244 g/mol. The van der Waals surface area contributed by atoms with Gasteiger partial charge >= 0.3 is 5.97 Å².